The third-order valence-electron chi connectivity index (χ3n) is 2.85. The van der Waals surface area contributed by atoms with Crippen LogP contribution in [0.5, 0.6) is 0 Å². The molecule has 2 N–H and O–H groups in total. The first-order valence-electron chi connectivity index (χ1n) is 5.82. The summed E-state index contributed by atoms with van der Waals surface area (Å²) in [5.41, 5.74) is 0. The van der Waals surface area contributed by atoms with E-state index in [0.717, 1.165) is 0 Å². The summed E-state index contributed by atoms with van der Waals surface area (Å²) >= 11 is 0. The van der Waals surface area contributed by atoms with E-state index in [0.29, 0.717) is 31.4 Å². The number of ether oxygens (including phenoxy) is 1. The molecule has 2 heterocycles. The van der Waals surface area contributed by atoms with Crippen LogP contribution in [0.15, 0.2) is 12.4 Å². The van der Waals surface area contributed by atoms with Crippen LogP contribution in [0.3, 0.4) is 0 Å². The monoisotopic (exact) mass is 251 g/mol. The number of aromatic nitrogens is 2. The molecule has 0 aliphatic carbocycles. The minimum atomic E-state index is -0.356. The van der Waals surface area contributed by atoms with Crippen LogP contribution in [0.2, 0.25) is 0 Å². The number of anilines is 2. The van der Waals surface area contributed by atoms with Crippen molar-refractivity contribution < 1.29 is 9.53 Å². The summed E-state index contributed by atoms with van der Waals surface area (Å²) in [6.07, 6.45) is 3.29. The second kappa shape index (κ2) is 5.63. The summed E-state index contributed by atoms with van der Waals surface area (Å²) < 4.78 is 5.35. The molecule has 0 saturated carbocycles. The Labute approximate surface area is 106 Å². The molecule has 0 aromatic carbocycles. The zero-order valence-electron chi connectivity index (χ0n) is 10.5. The van der Waals surface area contributed by atoms with Crippen LogP contribution in [-0.2, 0) is 9.53 Å². The Bertz CT molecular complexity index is 426. The van der Waals surface area contributed by atoms with Gasteiger partial charge in [-0.3, -0.25) is 9.78 Å². The van der Waals surface area contributed by atoms with Crippen molar-refractivity contribution in [3.63, 3.8) is 0 Å². The van der Waals surface area contributed by atoms with E-state index in [9.17, 15) is 4.79 Å². The van der Waals surface area contributed by atoms with Gasteiger partial charge in [0.25, 0.3) is 0 Å². The minimum Gasteiger partial charge on any atom is -0.377 e. The third kappa shape index (κ3) is 2.51. The molecule has 18 heavy (non-hydrogen) atoms. The highest BCUT2D eigenvalue weighted by Gasteiger charge is 2.29. The molecule has 1 amide bonds. The fraction of sp³-hybridized carbons (Fsp3) is 0.545. The molecule has 98 valence electrons. The molecular formula is C11H17N5O2. The topological polar surface area (TPSA) is 79.4 Å². The van der Waals surface area contributed by atoms with Gasteiger partial charge in [-0.1, -0.05) is 0 Å². The highest BCUT2D eigenvalue weighted by atomic mass is 16.5. The molecule has 2 rings (SSSR count). The number of nitrogens with zero attached hydrogens (tertiary/aromatic N) is 3. The van der Waals surface area contributed by atoms with Crippen molar-refractivity contribution >= 4 is 17.5 Å². The van der Waals surface area contributed by atoms with Gasteiger partial charge in [-0.2, -0.15) is 0 Å². The van der Waals surface area contributed by atoms with Gasteiger partial charge < -0.3 is 20.3 Å². The van der Waals surface area contributed by atoms with E-state index in [1.165, 1.54) is 0 Å². The normalized spacial score (nSPS) is 19.4. The summed E-state index contributed by atoms with van der Waals surface area (Å²) in [6, 6.07) is -0.356. The number of morpholine rings is 1. The van der Waals surface area contributed by atoms with Crippen molar-refractivity contribution in [3.8, 4) is 0 Å². The molecule has 0 bridgehead atoms. The van der Waals surface area contributed by atoms with Crippen molar-refractivity contribution in [2.45, 2.75) is 6.04 Å². The maximum Gasteiger partial charge on any atom is 0.244 e. The second-order valence-electron chi connectivity index (χ2n) is 3.91. The lowest BCUT2D eigenvalue weighted by Gasteiger charge is -2.34. The van der Waals surface area contributed by atoms with Gasteiger partial charge in [0.15, 0.2) is 0 Å². The molecule has 1 aromatic rings. The van der Waals surface area contributed by atoms with Gasteiger partial charge in [-0.15, -0.1) is 0 Å². The highest BCUT2D eigenvalue weighted by Crippen LogP contribution is 2.18. The van der Waals surface area contributed by atoms with Crippen LogP contribution >= 0.6 is 0 Å². The lowest BCUT2D eigenvalue weighted by atomic mass is 10.2. The van der Waals surface area contributed by atoms with Gasteiger partial charge >= 0.3 is 0 Å². The summed E-state index contributed by atoms with van der Waals surface area (Å²) in [5.74, 6) is 1.28. The van der Waals surface area contributed by atoms with Gasteiger partial charge in [0.05, 0.1) is 25.6 Å². The molecule has 7 heteroatoms. The van der Waals surface area contributed by atoms with Crippen LogP contribution in [-0.4, -0.2) is 55.8 Å². The standard InChI is InChI=1S/C11H17N5O2/c1-12-9-5-14-6-10(15-9)16-3-4-18-7-8(16)11(17)13-2/h5-6,8H,3-4,7H2,1-2H3,(H,12,15)(H,13,17). The average Bonchev–Trinajstić information content (AvgIpc) is 2.46. The number of rotatable bonds is 3. The summed E-state index contributed by atoms with van der Waals surface area (Å²) in [7, 11) is 3.40. The minimum absolute atomic E-state index is 0.0774. The predicted octanol–water partition coefficient (Wildman–Crippen LogP) is -0.530. The Balaban J connectivity index is 2.24. The molecule has 0 spiro atoms. The molecule has 1 aliphatic rings. The lowest BCUT2D eigenvalue weighted by molar-refractivity contribution is -0.124. The van der Waals surface area contributed by atoms with Gasteiger partial charge in [0.1, 0.15) is 17.7 Å². The van der Waals surface area contributed by atoms with E-state index in [2.05, 4.69) is 20.6 Å². The van der Waals surface area contributed by atoms with E-state index >= 15 is 0 Å². The zero-order chi connectivity index (χ0) is 13.0. The first-order valence-corrected chi connectivity index (χ1v) is 5.82. The average molecular weight is 251 g/mol. The molecule has 1 aliphatic heterocycles. The van der Waals surface area contributed by atoms with Gasteiger partial charge in [0, 0.05) is 20.6 Å². The molecule has 1 unspecified atom stereocenters. The number of hydrogen-bond donors (Lipinski definition) is 2. The van der Waals surface area contributed by atoms with Gasteiger partial charge in [0.2, 0.25) is 5.91 Å². The molecule has 0 radical (unpaired) electrons. The first kappa shape index (κ1) is 12.6. The SMILES string of the molecule is CNC(=O)C1COCCN1c1cncc(NC)n1. The van der Waals surface area contributed by atoms with Crippen LogP contribution in [0.1, 0.15) is 0 Å². The van der Waals surface area contributed by atoms with Crippen molar-refractivity contribution in [2.24, 2.45) is 0 Å². The highest BCUT2D eigenvalue weighted by molar-refractivity contribution is 5.85. The van der Waals surface area contributed by atoms with E-state index in [1.54, 1.807) is 26.5 Å². The summed E-state index contributed by atoms with van der Waals surface area (Å²) in [4.78, 5) is 22.2. The molecular weight excluding hydrogens is 234 g/mol. The summed E-state index contributed by atoms with van der Waals surface area (Å²) in [5, 5.41) is 5.57. The number of amides is 1. The molecule has 7 nitrogen and oxygen atoms in total. The maximum absolute atomic E-state index is 11.8. The number of nitrogens with one attached hydrogen (secondary N) is 2. The Kier molecular flexibility index (Phi) is 3.93. The molecule has 1 atom stereocenters. The maximum atomic E-state index is 11.8. The molecule has 1 aromatic heterocycles. The van der Waals surface area contributed by atoms with E-state index in [4.69, 9.17) is 4.74 Å². The van der Waals surface area contributed by atoms with Crippen LogP contribution in [0.25, 0.3) is 0 Å². The van der Waals surface area contributed by atoms with Crippen molar-refractivity contribution in [1.82, 2.24) is 15.3 Å². The fourth-order valence-electron chi connectivity index (χ4n) is 1.88. The predicted molar refractivity (Wildman–Crippen MR) is 67.6 cm³/mol. The van der Waals surface area contributed by atoms with Crippen LogP contribution in [0.4, 0.5) is 11.6 Å². The number of hydrogen-bond acceptors (Lipinski definition) is 6. The quantitative estimate of drug-likeness (QED) is 0.752. The van der Waals surface area contributed by atoms with Gasteiger partial charge in [-0.05, 0) is 0 Å². The Morgan fingerprint density at radius 3 is 3.06 bits per heavy atom. The fourth-order valence-corrected chi connectivity index (χ4v) is 1.88. The zero-order valence-corrected chi connectivity index (χ0v) is 10.5. The van der Waals surface area contributed by atoms with Crippen LogP contribution in [0, 0.1) is 0 Å². The Morgan fingerprint density at radius 1 is 1.50 bits per heavy atom. The smallest absolute Gasteiger partial charge is 0.244 e. The van der Waals surface area contributed by atoms with Gasteiger partial charge in [-0.25, -0.2) is 4.98 Å². The van der Waals surface area contributed by atoms with E-state index < -0.39 is 0 Å². The Hall–Kier alpha value is -1.89. The third-order valence-corrected chi connectivity index (χ3v) is 2.85. The summed E-state index contributed by atoms with van der Waals surface area (Å²) in [6.45, 7) is 1.57. The Morgan fingerprint density at radius 2 is 2.33 bits per heavy atom. The van der Waals surface area contributed by atoms with E-state index in [1.807, 2.05) is 4.90 Å². The van der Waals surface area contributed by atoms with Crippen molar-refractivity contribution in [2.75, 3.05) is 44.1 Å². The number of carbonyl (C=O) groups is 1. The molecule has 1 saturated heterocycles. The van der Waals surface area contributed by atoms with Crippen molar-refractivity contribution in [3.05, 3.63) is 12.4 Å². The van der Waals surface area contributed by atoms with Crippen molar-refractivity contribution in [1.29, 1.82) is 0 Å². The largest absolute Gasteiger partial charge is 0.377 e. The number of likely N-dealkylation sites (N-methyl/N-ethyl adjacent to an activating group) is 1. The molecule has 1 fully saturated rings. The van der Waals surface area contributed by atoms with E-state index in [-0.39, 0.29) is 11.9 Å². The number of carbonyl (C=O) groups excluding carboxylic acids is 1. The van der Waals surface area contributed by atoms with Crippen LogP contribution < -0.4 is 15.5 Å². The first-order chi connectivity index (χ1) is 8.76. The second-order valence-corrected chi connectivity index (χ2v) is 3.91. The lowest BCUT2D eigenvalue weighted by Crippen LogP contribution is -2.53.